The summed E-state index contributed by atoms with van der Waals surface area (Å²) < 4.78 is 4.08. The molecule has 17 heteroatoms. The molecule has 0 saturated carbocycles. The largest absolute Gasteiger partial charge is 0.691 e. The molecule has 0 spiro atoms. The molecule has 1 aromatic carbocycles. The lowest BCUT2D eigenvalue weighted by molar-refractivity contribution is -0.777. The third-order valence-corrected chi connectivity index (χ3v) is 8.76. The maximum absolute atomic E-state index is 12.8. The molecule has 8 N–H and O–H groups in total. The summed E-state index contributed by atoms with van der Waals surface area (Å²) in [4.78, 5) is 61.2. The first-order valence-corrected chi connectivity index (χ1v) is 16.0. The quantitative estimate of drug-likeness (QED) is 0.0337. The van der Waals surface area contributed by atoms with E-state index in [2.05, 4.69) is 41.3 Å². The summed E-state index contributed by atoms with van der Waals surface area (Å²) in [5.41, 5.74) is 5.98. The Morgan fingerprint density at radius 3 is 2.35 bits per heavy atom. The molecule has 2 aliphatic heterocycles. The summed E-state index contributed by atoms with van der Waals surface area (Å²) in [7, 11) is 0. The molecule has 238 valence electrons. The van der Waals surface area contributed by atoms with Crippen molar-refractivity contribution < 1.29 is 38.6 Å². The highest BCUT2D eigenvalue weighted by Crippen LogP contribution is 2.33. The number of nitrogens with two attached hydrogens (primary N) is 1. The third kappa shape index (κ3) is 11.8. The number of benzene rings is 1. The number of thioether (sulfide) groups is 1. The third-order valence-electron chi connectivity index (χ3n) is 6.72. The van der Waals surface area contributed by atoms with Crippen molar-refractivity contribution in [1.29, 1.82) is 0 Å². The van der Waals surface area contributed by atoms with Gasteiger partial charge < -0.3 is 42.9 Å². The number of nitrogens with one attached hydrogen (secondary N) is 6. The summed E-state index contributed by atoms with van der Waals surface area (Å²) in [5.74, 6) is -0.855. The molecule has 1 aromatic rings. The van der Waals surface area contributed by atoms with Gasteiger partial charge in [-0.3, -0.25) is 24.2 Å². The van der Waals surface area contributed by atoms with Crippen LogP contribution in [-0.2, 0) is 19.0 Å². The molecule has 15 nitrogen and oxygen atoms in total. The predicted molar refractivity (Wildman–Crippen MR) is 160 cm³/mol. The smallest absolute Gasteiger partial charge is 0.315 e. The maximum atomic E-state index is 12.8. The summed E-state index contributed by atoms with van der Waals surface area (Å²) in [6, 6.07) is 4.51. The predicted octanol–water partition coefficient (Wildman–Crippen LogP) is -0.463. The molecule has 0 radical (unpaired) electrons. The van der Waals surface area contributed by atoms with Gasteiger partial charge in [0.05, 0.1) is 12.1 Å². The van der Waals surface area contributed by atoms with E-state index in [0.29, 0.717) is 56.2 Å². The summed E-state index contributed by atoms with van der Waals surface area (Å²) >= 11 is 2.34. The monoisotopic (exact) mass is 640 g/mol. The number of hydrogen-bond acceptors (Lipinski definition) is 11. The van der Waals surface area contributed by atoms with Gasteiger partial charge >= 0.3 is 6.03 Å². The van der Waals surface area contributed by atoms with Gasteiger partial charge in [0.15, 0.2) is 0 Å². The Morgan fingerprint density at radius 1 is 0.953 bits per heavy atom. The summed E-state index contributed by atoms with van der Waals surface area (Å²) in [5, 5.41) is 30.2. The Bertz CT molecular complexity index is 1130. The molecule has 2 saturated heterocycles. The molecular formula is C26H38N7O8S2-. The topological polar surface area (TPSA) is 225 Å². The molecule has 0 bridgehead atoms. The number of hydrogen-bond donors (Lipinski definition) is 7. The fraction of sp³-hybridized carbons (Fsp3) is 0.577. The van der Waals surface area contributed by atoms with Crippen LogP contribution in [0.4, 0.5) is 10.5 Å². The minimum Gasteiger partial charge on any atom is -0.691 e. The molecule has 0 aliphatic carbocycles. The molecule has 2 heterocycles. The number of amides is 6. The van der Waals surface area contributed by atoms with Crippen molar-refractivity contribution in [3.8, 4) is 0 Å². The van der Waals surface area contributed by atoms with Crippen LogP contribution < -0.4 is 42.9 Å². The summed E-state index contributed by atoms with van der Waals surface area (Å²) in [6.45, 7) is 1.41. The Morgan fingerprint density at radius 2 is 1.65 bits per heavy atom. The number of unbranched alkanes of at least 4 members (excludes halogenated alkanes) is 1. The average Bonchev–Trinajstić information content (AvgIpc) is 3.54. The van der Waals surface area contributed by atoms with Crippen LogP contribution in [0.15, 0.2) is 18.2 Å². The van der Waals surface area contributed by atoms with Gasteiger partial charge in [0.1, 0.15) is 5.75 Å². The van der Waals surface area contributed by atoms with Gasteiger partial charge in [-0.2, -0.15) is 16.1 Å². The molecule has 0 aromatic heterocycles. The molecule has 43 heavy (non-hydrogen) atoms. The highest BCUT2D eigenvalue weighted by molar-refractivity contribution is 8.00. The van der Waals surface area contributed by atoms with E-state index >= 15 is 0 Å². The number of fused-ring (bicyclic) bond motifs is 1. The Kier molecular flexibility index (Phi) is 14.8. The van der Waals surface area contributed by atoms with Gasteiger partial charge in [-0.1, -0.05) is 6.42 Å². The number of carbonyl (C=O) groups is 5. The summed E-state index contributed by atoms with van der Waals surface area (Å²) in [6.07, 6.45) is 4.07. The van der Waals surface area contributed by atoms with E-state index in [9.17, 15) is 29.2 Å². The first kappa shape index (κ1) is 34.4. The first-order chi connectivity index (χ1) is 20.8. The van der Waals surface area contributed by atoms with Crippen LogP contribution in [0.3, 0.4) is 0 Å². The van der Waals surface area contributed by atoms with Crippen LogP contribution in [0.5, 0.6) is 0 Å². The van der Waals surface area contributed by atoms with E-state index in [1.54, 1.807) is 0 Å². The van der Waals surface area contributed by atoms with Crippen molar-refractivity contribution in [2.24, 2.45) is 5.73 Å². The Balaban J connectivity index is 1.38. The second-order valence-electron chi connectivity index (χ2n) is 9.97. The lowest BCUT2D eigenvalue weighted by Crippen LogP contribution is -2.36. The highest BCUT2D eigenvalue weighted by atomic mass is 32.2. The van der Waals surface area contributed by atoms with Gasteiger partial charge in [-0.15, -0.1) is 0 Å². The number of urea groups is 1. The van der Waals surface area contributed by atoms with E-state index in [0.717, 1.165) is 25.0 Å². The molecule has 2 fully saturated rings. The van der Waals surface area contributed by atoms with Crippen LogP contribution in [0.2, 0.25) is 0 Å². The number of carbonyl (C=O) groups excluding carboxylic acids is 5. The van der Waals surface area contributed by atoms with Crippen molar-refractivity contribution in [1.82, 2.24) is 26.6 Å². The highest BCUT2D eigenvalue weighted by Gasteiger charge is 2.42. The van der Waals surface area contributed by atoms with Crippen molar-refractivity contribution >= 4 is 59.2 Å². The van der Waals surface area contributed by atoms with E-state index in [1.165, 1.54) is 18.2 Å². The van der Waals surface area contributed by atoms with Crippen LogP contribution >= 0.6 is 23.8 Å². The lowest BCUT2D eigenvalue weighted by atomic mass is 10.0. The van der Waals surface area contributed by atoms with Gasteiger partial charge in [0.2, 0.25) is 11.8 Å². The molecule has 6 amide bonds. The minimum absolute atomic E-state index is 0.0572. The zero-order valence-corrected chi connectivity index (χ0v) is 25.2. The van der Waals surface area contributed by atoms with Crippen molar-refractivity contribution in [2.75, 3.05) is 43.0 Å². The zero-order chi connectivity index (χ0) is 31.0. The van der Waals surface area contributed by atoms with Crippen molar-refractivity contribution in [3.63, 3.8) is 0 Å². The number of anilines is 1. The van der Waals surface area contributed by atoms with Crippen molar-refractivity contribution in [2.45, 2.75) is 55.9 Å². The molecule has 2 aliphatic rings. The molecular weight excluding hydrogens is 602 g/mol. The van der Waals surface area contributed by atoms with Gasteiger partial charge in [0, 0.05) is 65.9 Å². The van der Waals surface area contributed by atoms with Crippen LogP contribution in [-0.4, -0.2) is 84.7 Å². The Labute approximate surface area is 258 Å². The van der Waals surface area contributed by atoms with Gasteiger partial charge in [-0.05, 0) is 50.4 Å². The lowest BCUT2D eigenvalue weighted by Gasteiger charge is -2.16. The van der Waals surface area contributed by atoms with E-state index in [4.69, 9.17) is 5.73 Å². The standard InChI is InChI=1S/C26H39N7O8S2/c27-7-3-8-29-24(36)16-11-17(13-18(12-16)31-22(35)15-43-41-40-39)25(37)30-10-4-9-28-21(34)6-2-1-5-20-23-19(14-42-20)32-26(38)33-23/h11-13,19-20,23,39H,1-10,14-15,27H2,(H,28,34)(H,29,36)(H,30,37)(H,31,35)(H2,32,33,38)/p-1. The van der Waals surface area contributed by atoms with Crippen molar-refractivity contribution in [3.05, 3.63) is 29.3 Å². The second-order valence-corrected chi connectivity index (χ2v) is 11.9. The van der Waals surface area contributed by atoms with E-state index in [1.807, 2.05) is 11.8 Å². The van der Waals surface area contributed by atoms with Crippen LogP contribution in [0.25, 0.3) is 0 Å². The average molecular weight is 641 g/mol. The normalized spacial score (nSPS) is 18.7. The van der Waals surface area contributed by atoms with Gasteiger partial charge in [0.25, 0.3) is 11.8 Å². The molecule has 3 unspecified atom stereocenters. The maximum Gasteiger partial charge on any atom is 0.315 e. The first-order valence-electron chi connectivity index (χ1n) is 14.1. The fourth-order valence-electron chi connectivity index (χ4n) is 4.64. The van der Waals surface area contributed by atoms with Crippen LogP contribution in [0.1, 0.15) is 59.2 Å². The SMILES string of the molecule is NCCCNC(=O)c1cc(NC(=O)CSOO[O-])cc(C(=O)NCCCNC(=O)CCCCC2SCC3NC(=O)NC32)c1. The second kappa shape index (κ2) is 18.5. The van der Waals surface area contributed by atoms with E-state index in [-0.39, 0.29) is 53.1 Å². The molecule has 3 rings (SSSR count). The van der Waals surface area contributed by atoms with Gasteiger partial charge in [-0.25, -0.2) is 4.79 Å². The fourth-order valence-corrected chi connectivity index (χ4v) is 6.46. The zero-order valence-electron chi connectivity index (χ0n) is 23.6. The molecule has 3 atom stereocenters. The number of rotatable bonds is 19. The Hall–Kier alpha value is -3.09. The van der Waals surface area contributed by atoms with E-state index < -0.39 is 17.7 Å². The minimum atomic E-state index is -0.546. The van der Waals surface area contributed by atoms with Crippen LogP contribution in [0, 0.1) is 0 Å².